The zero-order valence-corrected chi connectivity index (χ0v) is 15.3. The maximum atomic E-state index is 12.6. The quantitative estimate of drug-likeness (QED) is 0.808. The maximum absolute atomic E-state index is 12.6. The molecule has 2 aromatic rings. The van der Waals surface area contributed by atoms with Crippen LogP contribution in [0.15, 0.2) is 47.4 Å². The predicted molar refractivity (Wildman–Crippen MR) is 97.0 cm³/mol. The van der Waals surface area contributed by atoms with E-state index in [0.717, 1.165) is 0 Å². The lowest BCUT2D eigenvalue weighted by molar-refractivity contribution is 0.0949. The molecule has 0 unspecified atom stereocenters. The van der Waals surface area contributed by atoms with Gasteiger partial charge in [0.15, 0.2) is 11.5 Å². The SMILES string of the molecule is CC(C)CNC(=O)c1cccc(S(=O)(=O)Nc2ccc3c(c2)OCO3)c1. The van der Waals surface area contributed by atoms with Crippen LogP contribution in [0.4, 0.5) is 5.69 Å². The molecule has 3 rings (SSSR count). The summed E-state index contributed by atoms with van der Waals surface area (Å²) in [5.74, 6) is 1.04. The molecule has 1 amide bonds. The lowest BCUT2D eigenvalue weighted by atomic mass is 10.2. The molecule has 1 heterocycles. The molecule has 2 aromatic carbocycles. The van der Waals surface area contributed by atoms with Gasteiger partial charge in [-0.15, -0.1) is 0 Å². The van der Waals surface area contributed by atoms with Crippen molar-refractivity contribution in [1.29, 1.82) is 0 Å². The topological polar surface area (TPSA) is 93.7 Å². The number of hydrogen-bond acceptors (Lipinski definition) is 5. The first-order chi connectivity index (χ1) is 12.3. The van der Waals surface area contributed by atoms with Gasteiger partial charge in [0.2, 0.25) is 6.79 Å². The molecule has 0 fully saturated rings. The Labute approximate surface area is 152 Å². The van der Waals surface area contributed by atoms with E-state index in [9.17, 15) is 13.2 Å². The zero-order chi connectivity index (χ0) is 18.7. The molecule has 0 aromatic heterocycles. The molecule has 0 bridgehead atoms. The van der Waals surface area contributed by atoms with Gasteiger partial charge < -0.3 is 14.8 Å². The monoisotopic (exact) mass is 376 g/mol. The van der Waals surface area contributed by atoms with E-state index in [2.05, 4.69) is 10.0 Å². The smallest absolute Gasteiger partial charge is 0.261 e. The summed E-state index contributed by atoms with van der Waals surface area (Å²) in [5.41, 5.74) is 0.642. The van der Waals surface area contributed by atoms with Crippen molar-refractivity contribution in [3.8, 4) is 11.5 Å². The third kappa shape index (κ3) is 4.08. The number of hydrogen-bond donors (Lipinski definition) is 2. The van der Waals surface area contributed by atoms with Gasteiger partial charge in [-0.05, 0) is 36.2 Å². The molecule has 1 aliphatic heterocycles. The van der Waals surface area contributed by atoms with Gasteiger partial charge >= 0.3 is 0 Å². The van der Waals surface area contributed by atoms with E-state index in [4.69, 9.17) is 9.47 Å². The first-order valence-electron chi connectivity index (χ1n) is 8.16. The lowest BCUT2D eigenvalue weighted by Gasteiger charge is -2.11. The summed E-state index contributed by atoms with van der Waals surface area (Å²) < 4.78 is 38.2. The van der Waals surface area contributed by atoms with Crippen molar-refractivity contribution < 1.29 is 22.7 Å². The molecule has 2 N–H and O–H groups in total. The molecule has 1 aliphatic rings. The second-order valence-corrected chi connectivity index (χ2v) is 7.99. The predicted octanol–water partition coefficient (Wildman–Crippen LogP) is 2.60. The van der Waals surface area contributed by atoms with Crippen LogP contribution in [0, 0.1) is 5.92 Å². The minimum absolute atomic E-state index is 0.00682. The molecule has 0 atom stereocenters. The highest BCUT2D eigenvalue weighted by Gasteiger charge is 2.19. The van der Waals surface area contributed by atoms with E-state index in [1.807, 2.05) is 13.8 Å². The number of amides is 1. The van der Waals surface area contributed by atoms with Crippen LogP contribution in [-0.2, 0) is 10.0 Å². The molecular weight excluding hydrogens is 356 g/mol. The molecule has 7 nitrogen and oxygen atoms in total. The minimum Gasteiger partial charge on any atom is -0.454 e. The molecule has 0 saturated heterocycles. The summed E-state index contributed by atoms with van der Waals surface area (Å²) in [5, 5.41) is 2.77. The summed E-state index contributed by atoms with van der Waals surface area (Å²) in [4.78, 5) is 12.2. The van der Waals surface area contributed by atoms with E-state index in [0.29, 0.717) is 35.2 Å². The van der Waals surface area contributed by atoms with Gasteiger partial charge in [0.25, 0.3) is 15.9 Å². The molecule has 0 aliphatic carbocycles. The van der Waals surface area contributed by atoms with Crippen LogP contribution < -0.4 is 19.5 Å². The number of carbonyl (C=O) groups is 1. The number of sulfonamides is 1. The molecule has 26 heavy (non-hydrogen) atoms. The molecule has 0 spiro atoms. The summed E-state index contributed by atoms with van der Waals surface area (Å²) in [7, 11) is -3.84. The van der Waals surface area contributed by atoms with E-state index >= 15 is 0 Å². The molecule has 8 heteroatoms. The number of fused-ring (bicyclic) bond motifs is 1. The maximum Gasteiger partial charge on any atom is 0.261 e. The molecule has 0 radical (unpaired) electrons. The van der Waals surface area contributed by atoms with Crippen molar-refractivity contribution in [2.45, 2.75) is 18.7 Å². The average molecular weight is 376 g/mol. The summed E-state index contributed by atoms with van der Waals surface area (Å²) in [6, 6.07) is 10.7. The van der Waals surface area contributed by atoms with Crippen molar-refractivity contribution in [1.82, 2.24) is 5.32 Å². The number of carbonyl (C=O) groups excluding carboxylic acids is 1. The van der Waals surface area contributed by atoms with Gasteiger partial charge in [0, 0.05) is 18.2 Å². The van der Waals surface area contributed by atoms with Crippen LogP contribution in [0.3, 0.4) is 0 Å². The second kappa shape index (κ2) is 7.25. The largest absolute Gasteiger partial charge is 0.454 e. The van der Waals surface area contributed by atoms with Gasteiger partial charge in [-0.25, -0.2) is 8.42 Å². The Balaban J connectivity index is 1.79. The Hall–Kier alpha value is -2.74. The number of rotatable bonds is 6. The van der Waals surface area contributed by atoms with Crippen LogP contribution in [-0.4, -0.2) is 27.7 Å². The Bertz CT molecular complexity index is 925. The number of anilines is 1. The van der Waals surface area contributed by atoms with Gasteiger partial charge in [0.05, 0.1) is 10.6 Å². The van der Waals surface area contributed by atoms with E-state index in [1.54, 1.807) is 30.3 Å². The highest BCUT2D eigenvalue weighted by Crippen LogP contribution is 2.34. The van der Waals surface area contributed by atoms with E-state index in [-0.39, 0.29) is 17.6 Å². The Kier molecular flexibility index (Phi) is 5.03. The number of benzene rings is 2. The van der Waals surface area contributed by atoms with Crippen LogP contribution in [0.2, 0.25) is 0 Å². The van der Waals surface area contributed by atoms with Gasteiger partial charge in [-0.1, -0.05) is 19.9 Å². The second-order valence-electron chi connectivity index (χ2n) is 6.31. The normalized spacial score (nSPS) is 12.9. The Morgan fingerprint density at radius 2 is 1.88 bits per heavy atom. The van der Waals surface area contributed by atoms with Crippen LogP contribution >= 0.6 is 0 Å². The standard InChI is InChI=1S/C18H20N2O5S/c1-12(2)10-19-18(21)13-4-3-5-15(8-13)26(22,23)20-14-6-7-16-17(9-14)25-11-24-16/h3-9,12,20H,10-11H2,1-2H3,(H,19,21). The van der Waals surface area contributed by atoms with Crippen molar-refractivity contribution in [3.63, 3.8) is 0 Å². The zero-order valence-electron chi connectivity index (χ0n) is 14.5. The van der Waals surface area contributed by atoms with Crippen LogP contribution in [0.25, 0.3) is 0 Å². The van der Waals surface area contributed by atoms with E-state index < -0.39 is 10.0 Å². The van der Waals surface area contributed by atoms with Crippen molar-refractivity contribution in [2.24, 2.45) is 5.92 Å². The van der Waals surface area contributed by atoms with Gasteiger partial charge in [-0.3, -0.25) is 9.52 Å². The summed E-state index contributed by atoms with van der Waals surface area (Å²) >= 11 is 0. The van der Waals surface area contributed by atoms with Crippen LogP contribution in [0.1, 0.15) is 24.2 Å². The first kappa shape index (κ1) is 18.1. The Morgan fingerprint density at radius 3 is 2.65 bits per heavy atom. The van der Waals surface area contributed by atoms with Gasteiger partial charge in [0.1, 0.15) is 0 Å². The molecular formula is C18H20N2O5S. The molecule has 0 saturated carbocycles. The summed E-state index contributed by atoms with van der Waals surface area (Å²) in [6.45, 7) is 4.59. The number of nitrogens with one attached hydrogen (secondary N) is 2. The van der Waals surface area contributed by atoms with Crippen molar-refractivity contribution >= 4 is 21.6 Å². The Morgan fingerprint density at radius 1 is 1.12 bits per heavy atom. The fourth-order valence-corrected chi connectivity index (χ4v) is 3.47. The number of ether oxygens (including phenoxy) is 2. The fraction of sp³-hybridized carbons (Fsp3) is 0.278. The lowest BCUT2D eigenvalue weighted by Crippen LogP contribution is -2.27. The average Bonchev–Trinajstić information content (AvgIpc) is 3.07. The van der Waals surface area contributed by atoms with Crippen molar-refractivity contribution in [3.05, 3.63) is 48.0 Å². The first-order valence-corrected chi connectivity index (χ1v) is 9.64. The van der Waals surface area contributed by atoms with Crippen molar-refractivity contribution in [2.75, 3.05) is 18.1 Å². The minimum atomic E-state index is -3.84. The third-order valence-electron chi connectivity index (χ3n) is 3.70. The van der Waals surface area contributed by atoms with Gasteiger partial charge in [-0.2, -0.15) is 0 Å². The third-order valence-corrected chi connectivity index (χ3v) is 5.08. The highest BCUT2D eigenvalue weighted by molar-refractivity contribution is 7.92. The van der Waals surface area contributed by atoms with Crippen LogP contribution in [0.5, 0.6) is 11.5 Å². The van der Waals surface area contributed by atoms with E-state index in [1.165, 1.54) is 12.1 Å². The highest BCUT2D eigenvalue weighted by atomic mass is 32.2. The summed E-state index contributed by atoms with van der Waals surface area (Å²) in [6.07, 6.45) is 0. The fourth-order valence-electron chi connectivity index (χ4n) is 2.38. The molecule has 138 valence electrons.